The Morgan fingerprint density at radius 2 is 2.22 bits per heavy atom. The van der Waals surface area contributed by atoms with E-state index in [0.717, 1.165) is 0 Å². The lowest BCUT2D eigenvalue weighted by atomic mass is 10.2. The van der Waals surface area contributed by atoms with E-state index in [4.69, 9.17) is 5.11 Å². The number of aliphatic hydroxyl groups is 1. The first kappa shape index (κ1) is 12.6. The van der Waals surface area contributed by atoms with Crippen LogP contribution in [-0.4, -0.2) is 55.2 Å². The van der Waals surface area contributed by atoms with Crippen LogP contribution in [0.1, 0.15) is 12.8 Å². The molecule has 1 aromatic rings. The SMILES string of the molecule is O=C(O)[C@H]1C[C@@H](O)CN1C(=O)CCn1ccnc1. The number of nitrogens with zero attached hydrogens (tertiary/aromatic N) is 3. The molecule has 1 saturated heterocycles. The third kappa shape index (κ3) is 2.67. The summed E-state index contributed by atoms with van der Waals surface area (Å²) in [4.78, 5) is 28.0. The minimum absolute atomic E-state index is 0.0970. The Morgan fingerprint density at radius 1 is 1.44 bits per heavy atom. The molecule has 0 saturated carbocycles. The van der Waals surface area contributed by atoms with Crippen LogP contribution in [0.15, 0.2) is 18.7 Å². The second kappa shape index (κ2) is 5.18. The molecule has 7 nitrogen and oxygen atoms in total. The maximum absolute atomic E-state index is 11.9. The van der Waals surface area contributed by atoms with Gasteiger partial charge in [0.25, 0.3) is 0 Å². The molecule has 0 radical (unpaired) electrons. The van der Waals surface area contributed by atoms with Crippen LogP contribution >= 0.6 is 0 Å². The molecular formula is C11H15N3O4. The summed E-state index contributed by atoms with van der Waals surface area (Å²) >= 11 is 0. The van der Waals surface area contributed by atoms with Gasteiger partial charge in [0.2, 0.25) is 5.91 Å². The first-order chi connectivity index (χ1) is 8.58. The van der Waals surface area contributed by atoms with E-state index in [1.54, 1.807) is 23.3 Å². The van der Waals surface area contributed by atoms with E-state index >= 15 is 0 Å². The van der Waals surface area contributed by atoms with Crippen molar-refractivity contribution in [2.24, 2.45) is 0 Å². The van der Waals surface area contributed by atoms with Crippen molar-refractivity contribution in [1.82, 2.24) is 14.5 Å². The molecule has 7 heteroatoms. The van der Waals surface area contributed by atoms with Crippen molar-refractivity contribution in [2.75, 3.05) is 6.54 Å². The third-order valence-electron chi connectivity index (χ3n) is 3.03. The van der Waals surface area contributed by atoms with E-state index < -0.39 is 18.1 Å². The van der Waals surface area contributed by atoms with E-state index in [0.29, 0.717) is 6.54 Å². The van der Waals surface area contributed by atoms with E-state index in [9.17, 15) is 14.7 Å². The molecule has 1 aliphatic heterocycles. The highest BCUT2D eigenvalue weighted by atomic mass is 16.4. The zero-order valence-corrected chi connectivity index (χ0v) is 9.77. The minimum Gasteiger partial charge on any atom is -0.480 e. The lowest BCUT2D eigenvalue weighted by Crippen LogP contribution is -2.40. The Labute approximate surface area is 104 Å². The van der Waals surface area contributed by atoms with Gasteiger partial charge < -0.3 is 19.7 Å². The molecule has 2 atom stereocenters. The van der Waals surface area contributed by atoms with Crippen molar-refractivity contribution >= 4 is 11.9 Å². The number of hydrogen-bond acceptors (Lipinski definition) is 4. The average molecular weight is 253 g/mol. The summed E-state index contributed by atoms with van der Waals surface area (Å²) in [5.41, 5.74) is 0. The molecule has 2 heterocycles. The molecule has 2 rings (SSSR count). The van der Waals surface area contributed by atoms with Crippen LogP contribution in [0.4, 0.5) is 0 Å². The third-order valence-corrected chi connectivity index (χ3v) is 3.03. The number of rotatable bonds is 4. The van der Waals surface area contributed by atoms with Crippen molar-refractivity contribution < 1.29 is 19.8 Å². The van der Waals surface area contributed by atoms with Crippen LogP contribution in [0.3, 0.4) is 0 Å². The van der Waals surface area contributed by atoms with Gasteiger partial charge in [0.1, 0.15) is 6.04 Å². The standard InChI is InChI=1S/C11H15N3O4/c15-8-5-9(11(17)18)14(6-8)10(16)1-3-13-4-2-12-7-13/h2,4,7-9,15H,1,3,5-6H2,(H,17,18)/t8-,9-/m1/s1. The van der Waals surface area contributed by atoms with Crippen molar-refractivity contribution in [2.45, 2.75) is 31.5 Å². The summed E-state index contributed by atoms with van der Waals surface area (Å²) < 4.78 is 1.75. The Kier molecular flexibility index (Phi) is 3.61. The molecule has 0 aliphatic carbocycles. The van der Waals surface area contributed by atoms with Crippen LogP contribution in [0.2, 0.25) is 0 Å². The molecule has 18 heavy (non-hydrogen) atoms. The Hall–Kier alpha value is -1.89. The van der Waals surface area contributed by atoms with Crippen molar-refractivity contribution in [3.05, 3.63) is 18.7 Å². The lowest BCUT2D eigenvalue weighted by molar-refractivity contribution is -0.148. The molecular weight excluding hydrogens is 238 g/mol. The number of β-amino-alcohol motifs (C(OH)–C–C–N with tert-alkyl or cyclic N) is 1. The van der Waals surface area contributed by atoms with Crippen molar-refractivity contribution in [3.8, 4) is 0 Å². The molecule has 1 aliphatic rings. The highest BCUT2D eigenvalue weighted by Crippen LogP contribution is 2.19. The molecule has 1 amide bonds. The zero-order chi connectivity index (χ0) is 13.1. The van der Waals surface area contributed by atoms with Gasteiger partial charge in [-0.1, -0.05) is 0 Å². The fourth-order valence-electron chi connectivity index (χ4n) is 2.11. The number of carboxylic acid groups (broad SMARTS) is 1. The quantitative estimate of drug-likeness (QED) is 0.741. The number of aliphatic hydroxyl groups excluding tert-OH is 1. The van der Waals surface area contributed by atoms with E-state index in [2.05, 4.69) is 4.98 Å². The van der Waals surface area contributed by atoms with Gasteiger partial charge in [0.05, 0.1) is 12.4 Å². The highest BCUT2D eigenvalue weighted by Gasteiger charge is 2.38. The van der Waals surface area contributed by atoms with Crippen molar-refractivity contribution in [3.63, 3.8) is 0 Å². The summed E-state index contributed by atoms with van der Waals surface area (Å²) in [6.07, 6.45) is 4.51. The topological polar surface area (TPSA) is 95.7 Å². The van der Waals surface area contributed by atoms with Crippen molar-refractivity contribution in [1.29, 1.82) is 0 Å². The van der Waals surface area contributed by atoms with E-state index in [1.165, 1.54) is 4.90 Å². The van der Waals surface area contributed by atoms with Gasteiger partial charge in [-0.05, 0) is 0 Å². The van der Waals surface area contributed by atoms with Crippen LogP contribution in [-0.2, 0) is 16.1 Å². The summed E-state index contributed by atoms with van der Waals surface area (Å²) in [6, 6.07) is -0.907. The molecule has 1 aromatic heterocycles. The predicted octanol–water partition coefficient (Wildman–Crippen LogP) is -0.680. The normalized spacial score (nSPS) is 23.3. The monoisotopic (exact) mass is 253 g/mol. The Balaban J connectivity index is 1.93. The molecule has 0 spiro atoms. The lowest BCUT2D eigenvalue weighted by Gasteiger charge is -2.21. The van der Waals surface area contributed by atoms with Crippen LogP contribution in [0, 0.1) is 0 Å². The molecule has 0 aromatic carbocycles. The van der Waals surface area contributed by atoms with E-state index in [1.807, 2.05) is 0 Å². The second-order valence-corrected chi connectivity index (χ2v) is 4.34. The number of amides is 1. The molecule has 1 fully saturated rings. The maximum atomic E-state index is 11.9. The van der Waals surface area contributed by atoms with Gasteiger partial charge in [-0.15, -0.1) is 0 Å². The number of hydrogen-bond donors (Lipinski definition) is 2. The predicted molar refractivity (Wildman–Crippen MR) is 60.6 cm³/mol. The highest BCUT2D eigenvalue weighted by molar-refractivity contribution is 5.84. The number of carboxylic acids is 1. The van der Waals surface area contributed by atoms with E-state index in [-0.39, 0.29) is 25.3 Å². The van der Waals surface area contributed by atoms with Gasteiger partial charge in [-0.3, -0.25) is 4.79 Å². The first-order valence-electron chi connectivity index (χ1n) is 5.74. The zero-order valence-electron chi connectivity index (χ0n) is 9.77. The van der Waals surface area contributed by atoms with Crippen LogP contribution in [0.5, 0.6) is 0 Å². The number of aryl methyl sites for hydroxylation is 1. The number of imidazole rings is 1. The van der Waals surface area contributed by atoms with Crippen LogP contribution in [0.25, 0.3) is 0 Å². The summed E-state index contributed by atoms with van der Waals surface area (Å²) in [6.45, 7) is 0.553. The van der Waals surface area contributed by atoms with Gasteiger partial charge in [-0.25, -0.2) is 9.78 Å². The largest absolute Gasteiger partial charge is 0.480 e. The van der Waals surface area contributed by atoms with Gasteiger partial charge in [0.15, 0.2) is 0 Å². The molecule has 2 N–H and O–H groups in total. The second-order valence-electron chi connectivity index (χ2n) is 4.34. The first-order valence-corrected chi connectivity index (χ1v) is 5.74. The van der Waals surface area contributed by atoms with Gasteiger partial charge in [-0.2, -0.15) is 0 Å². The molecule has 0 bridgehead atoms. The number of aromatic nitrogens is 2. The minimum atomic E-state index is -1.07. The average Bonchev–Trinajstić information content (AvgIpc) is 2.94. The summed E-state index contributed by atoms with van der Waals surface area (Å²) in [5, 5.41) is 18.4. The number of carbonyl (C=O) groups is 2. The smallest absolute Gasteiger partial charge is 0.326 e. The summed E-state index contributed by atoms with van der Waals surface area (Å²) in [7, 11) is 0. The number of carbonyl (C=O) groups excluding carboxylic acids is 1. The Bertz CT molecular complexity index is 432. The van der Waals surface area contributed by atoms with Crippen LogP contribution < -0.4 is 0 Å². The Morgan fingerprint density at radius 3 is 2.83 bits per heavy atom. The molecule has 0 unspecified atom stereocenters. The van der Waals surface area contributed by atoms with Gasteiger partial charge >= 0.3 is 5.97 Å². The fourth-order valence-corrected chi connectivity index (χ4v) is 2.11. The maximum Gasteiger partial charge on any atom is 0.326 e. The molecule has 98 valence electrons. The number of aliphatic carboxylic acids is 1. The van der Waals surface area contributed by atoms with Gasteiger partial charge in [0, 0.05) is 38.3 Å². The summed E-state index contributed by atoms with van der Waals surface area (Å²) in [5.74, 6) is -1.32. The fraction of sp³-hybridized carbons (Fsp3) is 0.545. The number of likely N-dealkylation sites (tertiary alicyclic amines) is 1.